The van der Waals surface area contributed by atoms with E-state index in [2.05, 4.69) is 10.3 Å². The highest BCUT2D eigenvalue weighted by molar-refractivity contribution is 6.31. The van der Waals surface area contributed by atoms with Gasteiger partial charge in [-0.25, -0.2) is 4.98 Å². The van der Waals surface area contributed by atoms with Gasteiger partial charge in [-0.3, -0.25) is 0 Å². The van der Waals surface area contributed by atoms with Crippen molar-refractivity contribution in [2.24, 2.45) is 0 Å². The summed E-state index contributed by atoms with van der Waals surface area (Å²) in [5, 5.41) is 4.05. The molecule has 0 radical (unpaired) electrons. The zero-order valence-electron chi connectivity index (χ0n) is 17.1. The molecule has 0 spiro atoms. The van der Waals surface area contributed by atoms with E-state index in [1.807, 2.05) is 67.6 Å². The number of ether oxygens (including phenoxy) is 3. The Balaban J connectivity index is 1.50. The molecule has 2 aromatic carbocycles. The standard InChI is InChI=1S/C24H27ClN2O3/c1-2-28-22-15-20(17-26-12-8-14-29-24-11-6-7-13-27-24)21(25)16-23(22)30-18-19-9-4-3-5-10-19/h3-7,9-11,13,15-16,26H,2,8,12,14,17-18H2,1H3. The van der Waals surface area contributed by atoms with Crippen LogP contribution in [0, 0.1) is 0 Å². The van der Waals surface area contributed by atoms with E-state index < -0.39 is 0 Å². The predicted octanol–water partition coefficient (Wildman–Crippen LogP) is 5.27. The summed E-state index contributed by atoms with van der Waals surface area (Å²) < 4.78 is 17.3. The van der Waals surface area contributed by atoms with E-state index in [1.165, 1.54) is 0 Å². The average molecular weight is 427 g/mol. The maximum Gasteiger partial charge on any atom is 0.213 e. The molecule has 0 saturated heterocycles. The van der Waals surface area contributed by atoms with Crippen molar-refractivity contribution in [3.05, 3.63) is 83.0 Å². The van der Waals surface area contributed by atoms with Gasteiger partial charge in [0.25, 0.3) is 0 Å². The highest BCUT2D eigenvalue weighted by Gasteiger charge is 2.11. The zero-order chi connectivity index (χ0) is 21.0. The number of aromatic nitrogens is 1. The molecule has 5 nitrogen and oxygen atoms in total. The van der Waals surface area contributed by atoms with Crippen LogP contribution in [0.4, 0.5) is 0 Å². The van der Waals surface area contributed by atoms with Crippen LogP contribution in [0.5, 0.6) is 17.4 Å². The minimum absolute atomic E-state index is 0.463. The maximum atomic E-state index is 6.49. The highest BCUT2D eigenvalue weighted by Crippen LogP contribution is 2.34. The highest BCUT2D eigenvalue weighted by atomic mass is 35.5. The van der Waals surface area contributed by atoms with Crippen LogP contribution in [0.15, 0.2) is 66.9 Å². The molecule has 30 heavy (non-hydrogen) atoms. The molecule has 1 aromatic heterocycles. The Hall–Kier alpha value is -2.76. The molecule has 0 aliphatic rings. The van der Waals surface area contributed by atoms with Crippen LogP contribution in [-0.4, -0.2) is 24.7 Å². The summed E-state index contributed by atoms with van der Waals surface area (Å²) in [6.07, 6.45) is 2.59. The van der Waals surface area contributed by atoms with Crippen molar-refractivity contribution in [2.45, 2.75) is 26.5 Å². The SMILES string of the molecule is CCOc1cc(CNCCCOc2ccccn2)c(Cl)cc1OCc1ccccc1. The Morgan fingerprint density at radius 1 is 0.933 bits per heavy atom. The summed E-state index contributed by atoms with van der Waals surface area (Å²) >= 11 is 6.49. The van der Waals surface area contributed by atoms with Crippen LogP contribution in [0.25, 0.3) is 0 Å². The monoisotopic (exact) mass is 426 g/mol. The molecular weight excluding hydrogens is 400 g/mol. The van der Waals surface area contributed by atoms with Gasteiger partial charge in [-0.15, -0.1) is 0 Å². The van der Waals surface area contributed by atoms with Gasteiger partial charge in [0.05, 0.1) is 13.2 Å². The number of nitrogens with zero attached hydrogens (tertiary/aromatic N) is 1. The van der Waals surface area contributed by atoms with Crippen LogP contribution < -0.4 is 19.5 Å². The molecule has 1 heterocycles. The van der Waals surface area contributed by atoms with Crippen molar-refractivity contribution in [3.63, 3.8) is 0 Å². The summed E-state index contributed by atoms with van der Waals surface area (Å²) in [6, 6.07) is 19.4. The number of halogens is 1. The fraction of sp³-hybridized carbons (Fsp3) is 0.292. The third kappa shape index (κ3) is 6.94. The van der Waals surface area contributed by atoms with Crippen molar-refractivity contribution in [1.82, 2.24) is 10.3 Å². The lowest BCUT2D eigenvalue weighted by Crippen LogP contribution is -2.17. The van der Waals surface area contributed by atoms with E-state index in [0.717, 1.165) is 24.1 Å². The summed E-state index contributed by atoms with van der Waals surface area (Å²) in [7, 11) is 0. The van der Waals surface area contributed by atoms with Gasteiger partial charge >= 0.3 is 0 Å². The van der Waals surface area contributed by atoms with Gasteiger partial charge in [0.2, 0.25) is 5.88 Å². The molecule has 0 fully saturated rings. The number of nitrogens with one attached hydrogen (secondary N) is 1. The van der Waals surface area contributed by atoms with Gasteiger partial charge in [0.15, 0.2) is 11.5 Å². The van der Waals surface area contributed by atoms with Crippen molar-refractivity contribution in [2.75, 3.05) is 19.8 Å². The number of rotatable bonds is 12. The molecule has 6 heteroatoms. The number of benzene rings is 2. The van der Waals surface area contributed by atoms with Crippen molar-refractivity contribution in [1.29, 1.82) is 0 Å². The summed E-state index contributed by atoms with van der Waals surface area (Å²) in [6.45, 7) is 5.02. The number of hydrogen-bond donors (Lipinski definition) is 1. The maximum absolute atomic E-state index is 6.49. The van der Waals surface area contributed by atoms with E-state index >= 15 is 0 Å². The first kappa shape index (κ1) is 21.9. The second-order valence-corrected chi connectivity index (χ2v) is 7.05. The van der Waals surface area contributed by atoms with Crippen LogP contribution in [0.2, 0.25) is 5.02 Å². The third-order valence-electron chi connectivity index (χ3n) is 4.35. The van der Waals surface area contributed by atoms with Gasteiger partial charge in [0, 0.05) is 29.9 Å². The van der Waals surface area contributed by atoms with Gasteiger partial charge in [-0.2, -0.15) is 0 Å². The van der Waals surface area contributed by atoms with E-state index in [0.29, 0.717) is 48.8 Å². The molecular formula is C24H27ClN2O3. The molecule has 0 aliphatic carbocycles. The smallest absolute Gasteiger partial charge is 0.213 e. The van der Waals surface area contributed by atoms with Crippen LogP contribution in [0.3, 0.4) is 0 Å². The first-order valence-electron chi connectivity index (χ1n) is 10.1. The van der Waals surface area contributed by atoms with Gasteiger partial charge in [-0.1, -0.05) is 48.0 Å². The van der Waals surface area contributed by atoms with Crippen LogP contribution in [-0.2, 0) is 13.2 Å². The first-order valence-corrected chi connectivity index (χ1v) is 10.5. The second kappa shape index (κ2) is 12.1. The lowest BCUT2D eigenvalue weighted by atomic mass is 10.2. The topological polar surface area (TPSA) is 52.6 Å². The lowest BCUT2D eigenvalue weighted by molar-refractivity contribution is 0.269. The van der Waals surface area contributed by atoms with Gasteiger partial charge in [0.1, 0.15) is 6.61 Å². The van der Waals surface area contributed by atoms with Crippen molar-refractivity contribution < 1.29 is 14.2 Å². The lowest BCUT2D eigenvalue weighted by Gasteiger charge is -2.15. The molecule has 0 aliphatic heterocycles. The molecule has 0 atom stereocenters. The Kier molecular flexibility index (Phi) is 8.81. The molecule has 158 valence electrons. The van der Waals surface area contributed by atoms with Gasteiger partial charge < -0.3 is 19.5 Å². The number of pyridine rings is 1. The van der Waals surface area contributed by atoms with Crippen molar-refractivity contribution >= 4 is 11.6 Å². The minimum atomic E-state index is 0.463. The van der Waals surface area contributed by atoms with E-state index in [-0.39, 0.29) is 0 Å². The molecule has 3 rings (SSSR count). The van der Waals surface area contributed by atoms with Crippen LogP contribution >= 0.6 is 11.6 Å². The Labute approximate surface area is 183 Å². The van der Waals surface area contributed by atoms with E-state index in [4.69, 9.17) is 25.8 Å². The Morgan fingerprint density at radius 2 is 1.73 bits per heavy atom. The fourth-order valence-electron chi connectivity index (χ4n) is 2.86. The van der Waals surface area contributed by atoms with E-state index in [9.17, 15) is 0 Å². The molecule has 0 bridgehead atoms. The molecule has 0 amide bonds. The minimum Gasteiger partial charge on any atom is -0.490 e. The van der Waals surface area contributed by atoms with E-state index in [1.54, 1.807) is 6.20 Å². The second-order valence-electron chi connectivity index (χ2n) is 6.64. The third-order valence-corrected chi connectivity index (χ3v) is 4.70. The normalized spacial score (nSPS) is 10.6. The molecule has 3 aromatic rings. The molecule has 0 unspecified atom stereocenters. The first-order chi connectivity index (χ1) is 14.8. The fourth-order valence-corrected chi connectivity index (χ4v) is 3.08. The summed E-state index contributed by atoms with van der Waals surface area (Å²) in [5.74, 6) is 2.00. The molecule has 0 saturated carbocycles. The van der Waals surface area contributed by atoms with Crippen LogP contribution in [0.1, 0.15) is 24.5 Å². The zero-order valence-corrected chi connectivity index (χ0v) is 17.9. The quantitative estimate of drug-likeness (QED) is 0.400. The summed E-state index contributed by atoms with van der Waals surface area (Å²) in [4.78, 5) is 4.14. The average Bonchev–Trinajstić information content (AvgIpc) is 2.78. The predicted molar refractivity (Wildman–Crippen MR) is 119 cm³/mol. The Bertz CT molecular complexity index is 892. The van der Waals surface area contributed by atoms with Crippen molar-refractivity contribution in [3.8, 4) is 17.4 Å². The Morgan fingerprint density at radius 3 is 2.50 bits per heavy atom. The number of hydrogen-bond acceptors (Lipinski definition) is 5. The van der Waals surface area contributed by atoms with Gasteiger partial charge in [-0.05, 0) is 43.1 Å². The molecule has 1 N–H and O–H groups in total. The largest absolute Gasteiger partial charge is 0.490 e. The summed E-state index contributed by atoms with van der Waals surface area (Å²) in [5.41, 5.74) is 2.06.